The van der Waals surface area contributed by atoms with Crippen molar-refractivity contribution < 1.29 is 9.90 Å². The minimum Gasteiger partial charge on any atom is -0.481 e. The van der Waals surface area contributed by atoms with E-state index in [-0.39, 0.29) is 6.42 Å². The number of carbonyl (C=O) groups is 1. The van der Waals surface area contributed by atoms with Gasteiger partial charge in [-0.25, -0.2) is 4.79 Å². The molecule has 1 heterocycles. The molecule has 16 heavy (non-hydrogen) atoms. The van der Waals surface area contributed by atoms with Crippen LogP contribution >= 0.6 is 11.6 Å². The van der Waals surface area contributed by atoms with Gasteiger partial charge in [0.25, 0.3) is 0 Å². The third-order valence-electron chi connectivity index (χ3n) is 2.11. The van der Waals surface area contributed by atoms with Crippen LogP contribution in [0.1, 0.15) is 5.69 Å². The summed E-state index contributed by atoms with van der Waals surface area (Å²) in [5.74, 6) is -1.02. The molecule has 1 aromatic carbocycles. The zero-order valence-electron chi connectivity index (χ0n) is 8.03. The number of halogens is 1. The molecule has 0 fully saturated rings. The van der Waals surface area contributed by atoms with Gasteiger partial charge in [-0.1, -0.05) is 23.7 Å². The summed E-state index contributed by atoms with van der Waals surface area (Å²) in [6, 6.07) is 4.94. The van der Waals surface area contributed by atoms with Gasteiger partial charge in [0.1, 0.15) is 0 Å². The first-order valence-corrected chi connectivity index (χ1v) is 4.85. The van der Waals surface area contributed by atoms with Crippen LogP contribution in [0.15, 0.2) is 23.0 Å². The summed E-state index contributed by atoms with van der Waals surface area (Å²) in [5, 5.41) is 9.59. The highest BCUT2D eigenvalue weighted by Crippen LogP contribution is 2.21. The molecule has 0 saturated heterocycles. The lowest BCUT2D eigenvalue weighted by atomic mass is 10.1. The van der Waals surface area contributed by atoms with E-state index in [9.17, 15) is 9.59 Å². The molecule has 0 spiro atoms. The first-order chi connectivity index (χ1) is 7.58. The maximum Gasteiger partial charge on any atom is 0.345 e. The van der Waals surface area contributed by atoms with Crippen LogP contribution in [0.25, 0.3) is 10.9 Å². The molecule has 0 aliphatic heterocycles. The van der Waals surface area contributed by atoms with Crippen LogP contribution in [-0.2, 0) is 11.2 Å². The highest BCUT2D eigenvalue weighted by atomic mass is 35.5. The number of nitrogens with zero attached hydrogens (tertiary/aromatic N) is 1. The van der Waals surface area contributed by atoms with Crippen LogP contribution < -0.4 is 5.69 Å². The van der Waals surface area contributed by atoms with Gasteiger partial charge in [0.15, 0.2) is 0 Å². The number of rotatable bonds is 2. The van der Waals surface area contributed by atoms with Gasteiger partial charge in [0.05, 0.1) is 17.0 Å². The summed E-state index contributed by atoms with van der Waals surface area (Å²) in [6.07, 6.45) is -0.269. The van der Waals surface area contributed by atoms with Crippen LogP contribution in [-0.4, -0.2) is 21.0 Å². The van der Waals surface area contributed by atoms with Gasteiger partial charge < -0.3 is 10.1 Å². The smallest absolute Gasteiger partial charge is 0.345 e. The number of benzene rings is 1. The molecule has 1 aromatic heterocycles. The Labute approximate surface area is 94.7 Å². The van der Waals surface area contributed by atoms with Crippen molar-refractivity contribution in [2.24, 2.45) is 0 Å². The number of H-pyrrole nitrogens is 1. The number of aromatic nitrogens is 2. The van der Waals surface area contributed by atoms with Gasteiger partial charge in [0, 0.05) is 11.1 Å². The second-order valence-corrected chi connectivity index (χ2v) is 3.63. The average Bonchev–Trinajstić information content (AvgIpc) is 2.18. The first-order valence-electron chi connectivity index (χ1n) is 4.47. The van der Waals surface area contributed by atoms with Crippen LogP contribution in [0.2, 0.25) is 5.02 Å². The number of para-hydroxylation sites is 1. The SMILES string of the molecule is O=C(O)Cc1[nH]c(=O)nc2c(Cl)cccc12. The minimum absolute atomic E-state index is 0.269. The van der Waals surface area contributed by atoms with E-state index in [1.807, 2.05) is 0 Å². The second-order valence-electron chi connectivity index (χ2n) is 3.23. The monoisotopic (exact) mass is 238 g/mol. The number of hydrogen-bond donors (Lipinski definition) is 2. The molecule has 6 heteroatoms. The summed E-state index contributed by atoms with van der Waals surface area (Å²) in [7, 11) is 0. The van der Waals surface area contributed by atoms with Crippen LogP contribution in [0.4, 0.5) is 0 Å². The van der Waals surface area contributed by atoms with E-state index in [0.717, 1.165) is 0 Å². The van der Waals surface area contributed by atoms with Crippen molar-refractivity contribution in [1.82, 2.24) is 9.97 Å². The molecule has 0 aliphatic carbocycles. The lowest BCUT2D eigenvalue weighted by Crippen LogP contribution is -2.15. The fraction of sp³-hybridized carbons (Fsp3) is 0.100. The van der Waals surface area contributed by atoms with Gasteiger partial charge >= 0.3 is 11.7 Å². The van der Waals surface area contributed by atoms with Gasteiger partial charge in [-0.15, -0.1) is 0 Å². The molecule has 0 radical (unpaired) electrons. The lowest BCUT2D eigenvalue weighted by Gasteiger charge is -2.03. The summed E-state index contributed by atoms with van der Waals surface area (Å²) in [5.41, 5.74) is 0.0333. The third-order valence-corrected chi connectivity index (χ3v) is 2.42. The Morgan fingerprint density at radius 2 is 2.25 bits per heavy atom. The van der Waals surface area contributed by atoms with Crippen molar-refractivity contribution in [2.75, 3.05) is 0 Å². The number of carboxylic acid groups (broad SMARTS) is 1. The molecule has 0 amide bonds. The van der Waals surface area contributed by atoms with Crippen LogP contribution in [0, 0.1) is 0 Å². The predicted octanol–water partition coefficient (Wildman–Crippen LogP) is 1.20. The fourth-order valence-corrected chi connectivity index (χ4v) is 1.71. The molecule has 0 atom stereocenters. The van der Waals surface area contributed by atoms with Crippen molar-refractivity contribution in [1.29, 1.82) is 0 Å². The standard InChI is InChI=1S/C10H7ClN2O3/c11-6-3-1-2-5-7(4-8(14)15)12-10(16)13-9(5)6/h1-3H,4H2,(H,14,15)(H,12,13,16). The highest BCUT2D eigenvalue weighted by molar-refractivity contribution is 6.35. The Balaban J connectivity index is 2.78. The minimum atomic E-state index is -1.02. The van der Waals surface area contributed by atoms with E-state index >= 15 is 0 Å². The Morgan fingerprint density at radius 3 is 2.94 bits per heavy atom. The quantitative estimate of drug-likeness (QED) is 0.824. The van der Waals surface area contributed by atoms with Crippen molar-refractivity contribution in [3.05, 3.63) is 39.4 Å². The molecular weight excluding hydrogens is 232 g/mol. The van der Waals surface area contributed by atoms with Crippen LogP contribution in [0.5, 0.6) is 0 Å². The first kappa shape index (κ1) is 10.6. The zero-order chi connectivity index (χ0) is 11.7. The number of fused-ring (bicyclic) bond motifs is 1. The molecule has 0 saturated carbocycles. The normalized spacial score (nSPS) is 10.6. The maximum atomic E-state index is 11.2. The number of nitrogens with one attached hydrogen (secondary N) is 1. The van der Waals surface area contributed by atoms with Gasteiger partial charge in [-0.2, -0.15) is 4.98 Å². The molecule has 5 nitrogen and oxygen atoms in total. The number of aromatic amines is 1. The van der Waals surface area contributed by atoms with Gasteiger partial charge in [-0.3, -0.25) is 4.79 Å². The van der Waals surface area contributed by atoms with E-state index in [2.05, 4.69) is 9.97 Å². The Hall–Kier alpha value is -1.88. The summed E-state index contributed by atoms with van der Waals surface area (Å²) in [4.78, 5) is 28.0. The number of aliphatic carboxylic acids is 1. The van der Waals surface area contributed by atoms with Crippen molar-refractivity contribution in [3.63, 3.8) is 0 Å². The lowest BCUT2D eigenvalue weighted by molar-refractivity contribution is -0.136. The molecule has 2 rings (SSSR count). The fourth-order valence-electron chi connectivity index (χ4n) is 1.49. The molecule has 2 N–H and O–H groups in total. The van der Waals surface area contributed by atoms with E-state index in [1.54, 1.807) is 18.2 Å². The van der Waals surface area contributed by atoms with E-state index in [1.165, 1.54) is 0 Å². The Morgan fingerprint density at radius 1 is 1.50 bits per heavy atom. The van der Waals surface area contributed by atoms with Crippen LogP contribution in [0.3, 0.4) is 0 Å². The number of carboxylic acids is 1. The molecule has 0 bridgehead atoms. The van der Waals surface area contributed by atoms with Crippen molar-refractivity contribution in [2.45, 2.75) is 6.42 Å². The topological polar surface area (TPSA) is 83.0 Å². The second kappa shape index (κ2) is 3.94. The van der Waals surface area contributed by atoms with Crippen molar-refractivity contribution >= 4 is 28.5 Å². The largest absolute Gasteiger partial charge is 0.481 e. The molecule has 82 valence electrons. The Bertz CT molecular complexity index is 621. The summed E-state index contributed by atoms with van der Waals surface area (Å²) >= 11 is 5.87. The summed E-state index contributed by atoms with van der Waals surface area (Å²) in [6.45, 7) is 0. The molecule has 2 aromatic rings. The maximum absolute atomic E-state index is 11.2. The predicted molar refractivity (Wildman–Crippen MR) is 58.7 cm³/mol. The zero-order valence-corrected chi connectivity index (χ0v) is 8.78. The Kier molecular flexibility index (Phi) is 2.62. The van der Waals surface area contributed by atoms with E-state index in [0.29, 0.717) is 21.6 Å². The van der Waals surface area contributed by atoms with Crippen molar-refractivity contribution in [3.8, 4) is 0 Å². The molecule has 0 unspecified atom stereocenters. The van der Waals surface area contributed by atoms with E-state index < -0.39 is 11.7 Å². The molecule has 0 aliphatic rings. The molecular formula is C10H7ClN2O3. The summed E-state index contributed by atoms with van der Waals surface area (Å²) < 4.78 is 0. The highest BCUT2D eigenvalue weighted by Gasteiger charge is 2.10. The van der Waals surface area contributed by atoms with Gasteiger partial charge in [0.2, 0.25) is 0 Å². The average molecular weight is 239 g/mol. The van der Waals surface area contributed by atoms with Gasteiger partial charge in [-0.05, 0) is 6.07 Å². The van der Waals surface area contributed by atoms with E-state index in [4.69, 9.17) is 16.7 Å². The number of hydrogen-bond acceptors (Lipinski definition) is 3. The third kappa shape index (κ3) is 1.90.